The maximum absolute atomic E-state index is 13.6. The lowest BCUT2D eigenvalue weighted by Crippen LogP contribution is -2.74. The molecule has 0 fully saturated rings. The van der Waals surface area contributed by atoms with E-state index in [1.54, 1.807) is 0 Å². The summed E-state index contributed by atoms with van der Waals surface area (Å²) in [5.74, 6) is -55.9. The lowest BCUT2D eigenvalue weighted by atomic mass is 9.88. The van der Waals surface area contributed by atoms with Gasteiger partial charge in [-0.25, -0.2) is 0 Å². The maximum atomic E-state index is 13.6. The molecule has 0 aliphatic carbocycles. The van der Waals surface area contributed by atoms with Gasteiger partial charge in [-0.2, -0.15) is 74.6 Å². The predicted octanol–water partition coefficient (Wildman–Crippen LogP) is 7.69. The summed E-state index contributed by atoms with van der Waals surface area (Å²) in [4.78, 5) is -0.225. The second kappa shape index (κ2) is 7.78. The molecule has 0 aliphatic rings. The van der Waals surface area contributed by atoms with E-state index >= 15 is 0 Å². The summed E-state index contributed by atoms with van der Waals surface area (Å²) in [6.45, 7) is 0. The van der Waals surface area contributed by atoms with Gasteiger partial charge in [0.2, 0.25) is 0 Å². The van der Waals surface area contributed by atoms with E-state index in [1.165, 1.54) is 0 Å². The maximum Gasteiger partial charge on any atom is 0.460 e. The Kier molecular flexibility index (Phi) is 6.94. The zero-order valence-corrected chi connectivity index (χ0v) is 15.3. The van der Waals surface area contributed by atoms with Crippen LogP contribution in [0.25, 0.3) is 0 Å². The Hall–Kier alpha value is -1.49. The van der Waals surface area contributed by atoms with E-state index in [1.807, 2.05) is 0 Å². The molecule has 0 saturated heterocycles. The van der Waals surface area contributed by atoms with Gasteiger partial charge in [0.05, 0.1) is 0 Å². The van der Waals surface area contributed by atoms with Crippen molar-refractivity contribution in [1.29, 1.82) is 0 Å². The Bertz CT molecular complexity index is 774. The third-order valence-corrected chi connectivity index (χ3v) is 4.99. The van der Waals surface area contributed by atoms with Crippen molar-refractivity contribution in [3.05, 3.63) is 22.4 Å². The largest absolute Gasteiger partial charge is 0.460 e. The molecule has 1 heterocycles. The number of hydrogen-bond acceptors (Lipinski definition) is 1. The fourth-order valence-corrected chi connectivity index (χ4v) is 2.80. The van der Waals surface area contributed by atoms with Crippen LogP contribution in [0, 0.1) is 0 Å². The summed E-state index contributed by atoms with van der Waals surface area (Å²) in [5, 5.41) is 1.16. The summed E-state index contributed by atoms with van der Waals surface area (Å²) >= 11 is 0.577. The van der Waals surface area contributed by atoms with Gasteiger partial charge in [0.1, 0.15) is 0 Å². The highest BCUT2D eigenvalue weighted by Gasteiger charge is 2.95. The standard InChI is InChI=1S/C14H7F17S/c15-7(16,4-3-6-2-1-5-32-6)8(17,18)9(19,20)10(21,22)11(23,24)12(25,26)13(27,28)14(29,30)31/h1-2,5H,3-4H2. The molecule has 0 atom stereocenters. The van der Waals surface area contributed by atoms with Crippen LogP contribution in [0.1, 0.15) is 11.3 Å². The summed E-state index contributed by atoms with van der Waals surface area (Å²) in [6.07, 6.45) is -11.4. The zero-order chi connectivity index (χ0) is 25.8. The van der Waals surface area contributed by atoms with Gasteiger partial charge < -0.3 is 0 Å². The lowest BCUT2D eigenvalue weighted by molar-refractivity contribution is -0.461. The number of hydrogen-bond donors (Lipinski definition) is 0. The average Bonchev–Trinajstić information content (AvgIpc) is 3.11. The highest BCUT2D eigenvalue weighted by Crippen LogP contribution is 2.64. The first-order chi connectivity index (χ1) is 13.8. The van der Waals surface area contributed by atoms with Crippen LogP contribution in [0.2, 0.25) is 0 Å². The monoisotopic (exact) mass is 530 g/mol. The summed E-state index contributed by atoms with van der Waals surface area (Å²) in [7, 11) is 0. The fourth-order valence-electron chi connectivity index (χ4n) is 2.09. The van der Waals surface area contributed by atoms with Crippen molar-refractivity contribution in [2.45, 2.75) is 60.5 Å². The smallest absolute Gasteiger partial charge is 0.200 e. The van der Waals surface area contributed by atoms with E-state index in [2.05, 4.69) is 0 Å². The molecular weight excluding hydrogens is 523 g/mol. The molecule has 0 aliphatic heterocycles. The van der Waals surface area contributed by atoms with E-state index in [-0.39, 0.29) is 4.88 Å². The van der Waals surface area contributed by atoms with E-state index < -0.39 is 60.5 Å². The Balaban J connectivity index is 3.47. The normalized spacial score (nSPS) is 15.9. The first-order valence-electron chi connectivity index (χ1n) is 7.56. The summed E-state index contributed by atoms with van der Waals surface area (Å²) in [5.41, 5.74) is 0. The third kappa shape index (κ3) is 3.89. The van der Waals surface area contributed by atoms with Gasteiger partial charge in [-0.1, -0.05) is 6.07 Å². The van der Waals surface area contributed by atoms with Gasteiger partial charge in [0, 0.05) is 11.3 Å². The van der Waals surface area contributed by atoms with Gasteiger partial charge in [0.25, 0.3) is 0 Å². The van der Waals surface area contributed by atoms with Crippen LogP contribution in [-0.4, -0.2) is 47.6 Å². The third-order valence-electron chi connectivity index (χ3n) is 4.05. The molecule has 0 bridgehead atoms. The molecule has 1 aromatic rings. The van der Waals surface area contributed by atoms with Gasteiger partial charge in [-0.3, -0.25) is 0 Å². The first-order valence-corrected chi connectivity index (χ1v) is 8.44. The van der Waals surface area contributed by atoms with Crippen molar-refractivity contribution in [3.8, 4) is 0 Å². The van der Waals surface area contributed by atoms with Gasteiger partial charge >= 0.3 is 47.6 Å². The molecule has 188 valence electrons. The first kappa shape index (κ1) is 28.5. The summed E-state index contributed by atoms with van der Waals surface area (Å²) < 4.78 is 222. The molecule has 0 amide bonds. The average molecular weight is 530 g/mol. The Morgan fingerprint density at radius 3 is 1.25 bits per heavy atom. The number of rotatable bonds is 9. The highest BCUT2D eigenvalue weighted by atomic mass is 32.1. The van der Waals surface area contributed by atoms with Crippen molar-refractivity contribution >= 4 is 11.3 Å². The van der Waals surface area contributed by atoms with Gasteiger partial charge in [-0.05, 0) is 17.9 Å². The lowest BCUT2D eigenvalue weighted by Gasteiger charge is -2.42. The van der Waals surface area contributed by atoms with Gasteiger partial charge in [0.15, 0.2) is 0 Å². The minimum absolute atomic E-state index is 0.225. The van der Waals surface area contributed by atoms with Crippen molar-refractivity contribution < 1.29 is 74.6 Å². The Morgan fingerprint density at radius 2 is 0.906 bits per heavy atom. The molecule has 0 N–H and O–H groups in total. The molecule has 0 spiro atoms. The fraction of sp³-hybridized carbons (Fsp3) is 0.714. The van der Waals surface area contributed by atoms with Crippen molar-refractivity contribution in [1.82, 2.24) is 0 Å². The second-order valence-corrected chi connectivity index (χ2v) is 7.26. The predicted molar refractivity (Wildman–Crippen MR) is 73.3 cm³/mol. The van der Waals surface area contributed by atoms with Crippen molar-refractivity contribution in [2.75, 3.05) is 0 Å². The van der Waals surface area contributed by atoms with Crippen LogP contribution in [0.15, 0.2) is 17.5 Å². The molecule has 0 radical (unpaired) electrons. The Labute approximate surface area is 170 Å². The molecule has 32 heavy (non-hydrogen) atoms. The molecule has 0 saturated carbocycles. The second-order valence-electron chi connectivity index (χ2n) is 6.23. The van der Waals surface area contributed by atoms with E-state index in [4.69, 9.17) is 0 Å². The quantitative estimate of drug-likeness (QED) is 0.287. The van der Waals surface area contributed by atoms with Crippen molar-refractivity contribution in [2.24, 2.45) is 0 Å². The highest BCUT2D eigenvalue weighted by molar-refractivity contribution is 7.09. The number of thiophene rings is 1. The van der Waals surface area contributed by atoms with Crippen LogP contribution >= 0.6 is 11.3 Å². The molecule has 0 unspecified atom stereocenters. The van der Waals surface area contributed by atoms with E-state index in [9.17, 15) is 74.6 Å². The molecule has 1 aromatic heterocycles. The van der Waals surface area contributed by atoms with E-state index in [0.29, 0.717) is 11.3 Å². The minimum Gasteiger partial charge on any atom is -0.200 e. The zero-order valence-electron chi connectivity index (χ0n) is 14.5. The molecular formula is C14H7F17S. The minimum atomic E-state index is -8.59. The topological polar surface area (TPSA) is 0 Å². The van der Waals surface area contributed by atoms with Crippen LogP contribution < -0.4 is 0 Å². The van der Waals surface area contributed by atoms with Crippen molar-refractivity contribution in [3.63, 3.8) is 0 Å². The number of aryl methyl sites for hydroxylation is 1. The number of alkyl halides is 17. The SMILES string of the molecule is FC(F)(F)C(F)(F)C(F)(F)C(F)(F)C(F)(F)C(F)(F)C(F)(F)C(F)(F)CCc1cccs1. The number of halogens is 17. The molecule has 1 rings (SSSR count). The molecule has 0 nitrogen and oxygen atoms in total. The van der Waals surface area contributed by atoms with Crippen LogP contribution in [0.3, 0.4) is 0 Å². The summed E-state index contributed by atoms with van der Waals surface area (Å²) in [6, 6.07) is 2.11. The van der Waals surface area contributed by atoms with Gasteiger partial charge in [-0.15, -0.1) is 11.3 Å². The molecule has 18 heteroatoms. The van der Waals surface area contributed by atoms with Crippen LogP contribution in [0.4, 0.5) is 74.6 Å². The Morgan fingerprint density at radius 1 is 0.531 bits per heavy atom. The van der Waals surface area contributed by atoms with Crippen LogP contribution in [0.5, 0.6) is 0 Å². The molecule has 0 aromatic carbocycles. The van der Waals surface area contributed by atoms with E-state index in [0.717, 1.165) is 17.5 Å². The van der Waals surface area contributed by atoms with Crippen LogP contribution in [-0.2, 0) is 6.42 Å².